The fourth-order valence-electron chi connectivity index (χ4n) is 2.35. The number of rotatable bonds is 3. The van der Waals surface area contributed by atoms with Crippen molar-refractivity contribution in [2.24, 2.45) is 0 Å². The Balaban J connectivity index is 2.08. The van der Waals surface area contributed by atoms with Crippen molar-refractivity contribution >= 4 is 5.97 Å². The molecule has 92 valence electrons. The summed E-state index contributed by atoms with van der Waals surface area (Å²) in [4.78, 5) is 11.4. The molecule has 3 nitrogen and oxygen atoms in total. The van der Waals surface area contributed by atoms with Crippen LogP contribution in [0.2, 0.25) is 0 Å². The molecule has 0 aliphatic carbocycles. The van der Waals surface area contributed by atoms with Crippen LogP contribution in [-0.4, -0.2) is 18.6 Å². The molecule has 1 heterocycles. The first-order valence-corrected chi connectivity index (χ1v) is 6.08. The predicted molar refractivity (Wildman–Crippen MR) is 66.8 cm³/mol. The highest BCUT2D eigenvalue weighted by Gasteiger charge is 2.27. The molecule has 2 unspecified atom stereocenters. The molecule has 2 atom stereocenters. The van der Waals surface area contributed by atoms with Crippen molar-refractivity contribution in [1.29, 1.82) is 0 Å². The minimum atomic E-state index is -0.147. The van der Waals surface area contributed by atoms with Gasteiger partial charge in [0, 0.05) is 12.5 Å². The van der Waals surface area contributed by atoms with E-state index in [9.17, 15) is 4.79 Å². The molecule has 0 aromatic heterocycles. The summed E-state index contributed by atoms with van der Waals surface area (Å²) in [7, 11) is 0. The molecule has 1 aliphatic heterocycles. The molecule has 2 rings (SSSR count). The minimum absolute atomic E-state index is 0.124. The number of esters is 1. The molecule has 1 fully saturated rings. The molecule has 1 saturated heterocycles. The molecule has 0 amide bonds. The lowest BCUT2D eigenvalue weighted by Crippen LogP contribution is -2.35. The standard InChI is InChI=1S/C14H19NO2/c1-9-4-5-12(10(2)8-9)11(3)15-13-6-7-17-14(13)16/h4-5,8,11,13,15H,6-7H2,1-3H3. The van der Waals surface area contributed by atoms with Crippen LogP contribution in [0.25, 0.3) is 0 Å². The Morgan fingerprint density at radius 2 is 2.18 bits per heavy atom. The summed E-state index contributed by atoms with van der Waals surface area (Å²) in [6.45, 7) is 6.82. The van der Waals surface area contributed by atoms with Crippen LogP contribution in [0, 0.1) is 13.8 Å². The summed E-state index contributed by atoms with van der Waals surface area (Å²) in [6.07, 6.45) is 0.772. The van der Waals surface area contributed by atoms with Crippen LogP contribution in [0.1, 0.15) is 36.1 Å². The average Bonchev–Trinajstić information content (AvgIpc) is 2.64. The molecular formula is C14H19NO2. The topological polar surface area (TPSA) is 38.3 Å². The van der Waals surface area contributed by atoms with Crippen LogP contribution in [-0.2, 0) is 9.53 Å². The second kappa shape index (κ2) is 4.88. The largest absolute Gasteiger partial charge is 0.464 e. The molecule has 0 radical (unpaired) electrons. The third kappa shape index (κ3) is 2.67. The van der Waals surface area contributed by atoms with Gasteiger partial charge in [-0.2, -0.15) is 0 Å². The average molecular weight is 233 g/mol. The predicted octanol–water partition coefficient (Wildman–Crippen LogP) is 2.27. The molecule has 1 N–H and O–H groups in total. The summed E-state index contributed by atoms with van der Waals surface area (Å²) in [5.74, 6) is -0.124. The smallest absolute Gasteiger partial charge is 0.323 e. The van der Waals surface area contributed by atoms with Gasteiger partial charge in [-0.15, -0.1) is 0 Å². The quantitative estimate of drug-likeness (QED) is 0.814. The van der Waals surface area contributed by atoms with Gasteiger partial charge in [-0.05, 0) is 31.9 Å². The van der Waals surface area contributed by atoms with Crippen molar-refractivity contribution in [3.05, 3.63) is 34.9 Å². The summed E-state index contributed by atoms with van der Waals surface area (Å²) < 4.78 is 4.95. The monoisotopic (exact) mass is 233 g/mol. The van der Waals surface area contributed by atoms with E-state index >= 15 is 0 Å². The Morgan fingerprint density at radius 1 is 1.41 bits per heavy atom. The third-order valence-corrected chi connectivity index (χ3v) is 3.28. The number of cyclic esters (lactones) is 1. The highest BCUT2D eigenvalue weighted by atomic mass is 16.5. The molecule has 1 aromatic carbocycles. The van der Waals surface area contributed by atoms with Gasteiger partial charge in [0.25, 0.3) is 0 Å². The zero-order valence-corrected chi connectivity index (χ0v) is 10.6. The van der Waals surface area contributed by atoms with Crippen molar-refractivity contribution in [2.75, 3.05) is 6.61 Å². The fourth-order valence-corrected chi connectivity index (χ4v) is 2.35. The molecule has 1 aliphatic rings. The van der Waals surface area contributed by atoms with Crippen molar-refractivity contribution < 1.29 is 9.53 Å². The first-order chi connectivity index (χ1) is 8.08. The van der Waals surface area contributed by atoms with Crippen molar-refractivity contribution in [1.82, 2.24) is 5.32 Å². The van der Waals surface area contributed by atoms with Gasteiger partial charge < -0.3 is 4.74 Å². The van der Waals surface area contributed by atoms with Crippen molar-refractivity contribution in [2.45, 2.75) is 39.3 Å². The molecule has 3 heteroatoms. The Hall–Kier alpha value is -1.35. The van der Waals surface area contributed by atoms with E-state index in [1.165, 1.54) is 16.7 Å². The summed E-state index contributed by atoms with van der Waals surface area (Å²) in [5.41, 5.74) is 3.77. The highest BCUT2D eigenvalue weighted by Crippen LogP contribution is 2.20. The van der Waals surface area contributed by atoms with Crippen LogP contribution in [0.3, 0.4) is 0 Å². The third-order valence-electron chi connectivity index (χ3n) is 3.28. The van der Waals surface area contributed by atoms with Gasteiger partial charge in [0.2, 0.25) is 0 Å². The Morgan fingerprint density at radius 3 is 2.76 bits per heavy atom. The lowest BCUT2D eigenvalue weighted by molar-refractivity contribution is -0.139. The Labute approximate surface area is 102 Å². The Kier molecular flexibility index (Phi) is 3.48. The van der Waals surface area contributed by atoms with Crippen LogP contribution in [0.15, 0.2) is 18.2 Å². The summed E-state index contributed by atoms with van der Waals surface area (Å²) >= 11 is 0. The van der Waals surface area contributed by atoms with Crippen LogP contribution in [0.5, 0.6) is 0 Å². The van der Waals surface area contributed by atoms with Gasteiger partial charge in [0.05, 0.1) is 6.61 Å². The van der Waals surface area contributed by atoms with E-state index in [1.54, 1.807) is 0 Å². The zero-order valence-electron chi connectivity index (χ0n) is 10.6. The maximum absolute atomic E-state index is 11.4. The first-order valence-electron chi connectivity index (χ1n) is 6.08. The van der Waals surface area contributed by atoms with Gasteiger partial charge >= 0.3 is 5.97 Å². The van der Waals surface area contributed by atoms with E-state index in [1.807, 2.05) is 0 Å². The van der Waals surface area contributed by atoms with Crippen LogP contribution in [0.4, 0.5) is 0 Å². The normalized spacial score (nSPS) is 21.4. The minimum Gasteiger partial charge on any atom is -0.464 e. The SMILES string of the molecule is Cc1ccc(C(C)NC2CCOC2=O)c(C)c1. The zero-order chi connectivity index (χ0) is 12.4. The fraction of sp³-hybridized carbons (Fsp3) is 0.500. The lowest BCUT2D eigenvalue weighted by atomic mass is 9.99. The molecule has 1 aromatic rings. The number of nitrogens with one attached hydrogen (secondary N) is 1. The maximum atomic E-state index is 11.4. The second-order valence-corrected chi connectivity index (χ2v) is 4.76. The highest BCUT2D eigenvalue weighted by molar-refractivity contribution is 5.77. The van der Waals surface area contributed by atoms with Crippen molar-refractivity contribution in [3.8, 4) is 0 Å². The number of aryl methyl sites for hydroxylation is 2. The maximum Gasteiger partial charge on any atom is 0.323 e. The molecular weight excluding hydrogens is 214 g/mol. The van der Waals surface area contributed by atoms with E-state index < -0.39 is 0 Å². The van der Waals surface area contributed by atoms with E-state index in [0.717, 1.165) is 6.42 Å². The summed E-state index contributed by atoms with van der Waals surface area (Å²) in [5, 5.41) is 3.33. The van der Waals surface area contributed by atoms with E-state index in [2.05, 4.69) is 44.3 Å². The van der Waals surface area contributed by atoms with E-state index in [0.29, 0.717) is 6.61 Å². The lowest BCUT2D eigenvalue weighted by Gasteiger charge is -2.19. The van der Waals surface area contributed by atoms with Gasteiger partial charge in [-0.1, -0.05) is 23.8 Å². The van der Waals surface area contributed by atoms with Crippen LogP contribution >= 0.6 is 0 Å². The molecule has 0 spiro atoms. The number of carbonyl (C=O) groups is 1. The van der Waals surface area contributed by atoms with E-state index in [-0.39, 0.29) is 18.1 Å². The van der Waals surface area contributed by atoms with Gasteiger partial charge in [-0.25, -0.2) is 0 Å². The summed E-state index contributed by atoms with van der Waals surface area (Å²) in [6, 6.07) is 6.42. The Bertz CT molecular complexity index is 428. The van der Waals surface area contributed by atoms with E-state index in [4.69, 9.17) is 4.74 Å². The second-order valence-electron chi connectivity index (χ2n) is 4.76. The van der Waals surface area contributed by atoms with Crippen molar-refractivity contribution in [3.63, 3.8) is 0 Å². The number of carbonyl (C=O) groups excluding carboxylic acids is 1. The van der Waals surface area contributed by atoms with Gasteiger partial charge in [0.1, 0.15) is 6.04 Å². The van der Waals surface area contributed by atoms with Gasteiger partial charge in [-0.3, -0.25) is 10.1 Å². The number of benzene rings is 1. The molecule has 17 heavy (non-hydrogen) atoms. The molecule has 0 bridgehead atoms. The number of hydrogen-bond acceptors (Lipinski definition) is 3. The molecule has 0 saturated carbocycles. The number of ether oxygens (including phenoxy) is 1. The first kappa shape index (κ1) is 12.1. The van der Waals surface area contributed by atoms with Gasteiger partial charge in [0.15, 0.2) is 0 Å². The van der Waals surface area contributed by atoms with Crippen LogP contribution < -0.4 is 5.32 Å². The number of hydrogen-bond donors (Lipinski definition) is 1.